The number of esters is 2. The molecule has 0 spiro atoms. The molecule has 1 aromatic carbocycles. The normalized spacial score (nSPS) is 14.2. The molecule has 1 heterocycles. The second-order valence-electron chi connectivity index (χ2n) is 11.7. The first-order valence-corrected chi connectivity index (χ1v) is 14.0. The average Bonchev–Trinajstić information content (AvgIpc) is 3.13. The summed E-state index contributed by atoms with van der Waals surface area (Å²) in [4.78, 5) is 68.4. The molecule has 0 aliphatic carbocycles. The predicted molar refractivity (Wildman–Crippen MR) is 154 cm³/mol. The molecule has 1 aliphatic heterocycles. The molecule has 2 rings (SSSR count). The molecule has 0 atom stereocenters. The van der Waals surface area contributed by atoms with Crippen molar-refractivity contribution in [3.63, 3.8) is 0 Å². The number of hydrogen-bond acceptors (Lipinski definition) is 8. The maximum atomic E-state index is 13.6. The largest absolute Gasteiger partial charge is 0.466 e. The number of urea groups is 1. The van der Waals surface area contributed by atoms with E-state index in [4.69, 9.17) is 14.3 Å². The fourth-order valence-corrected chi connectivity index (χ4v) is 3.64. The number of amides is 3. The van der Waals surface area contributed by atoms with E-state index in [-0.39, 0.29) is 29.4 Å². The number of fused-ring (bicyclic) bond motifs is 1. The number of carbonyl (C=O) groups is 5. The third kappa shape index (κ3) is 9.33. The number of nitrogens with one attached hydrogen (secondary N) is 2. The molecule has 41 heavy (non-hydrogen) atoms. The van der Waals surface area contributed by atoms with Crippen molar-refractivity contribution in [3.8, 4) is 0 Å². The van der Waals surface area contributed by atoms with Gasteiger partial charge in [0.1, 0.15) is 5.76 Å². The van der Waals surface area contributed by atoms with Gasteiger partial charge in [-0.3, -0.25) is 14.4 Å². The van der Waals surface area contributed by atoms with Gasteiger partial charge in [-0.1, -0.05) is 13.3 Å². The Morgan fingerprint density at radius 2 is 1.56 bits per heavy atom. The fourth-order valence-electron chi connectivity index (χ4n) is 3.64. The number of ether oxygens (including phenoxy) is 2. The standard InChI is InChI=1S/C30H43N3O8/c1-9-22(40-26(36)29(3,4)5)24-20-16-15-19(18-21(20)33(25(24)35)41-27(37)30(6,7)8)32-28(38)31-17-13-11-12-14-23(34)39-10-2/h15-16,18H,9-14,17H2,1-8H3,(H2,31,32,38). The second kappa shape index (κ2) is 14.1. The van der Waals surface area contributed by atoms with Gasteiger partial charge >= 0.3 is 23.9 Å². The third-order valence-electron chi connectivity index (χ3n) is 6.01. The Morgan fingerprint density at radius 1 is 0.902 bits per heavy atom. The number of anilines is 2. The highest BCUT2D eigenvalue weighted by atomic mass is 16.7. The Labute approximate surface area is 241 Å². The van der Waals surface area contributed by atoms with E-state index in [9.17, 15) is 24.0 Å². The molecular weight excluding hydrogens is 530 g/mol. The van der Waals surface area contributed by atoms with Crippen molar-refractivity contribution in [1.82, 2.24) is 5.32 Å². The van der Waals surface area contributed by atoms with E-state index in [1.165, 1.54) is 6.07 Å². The molecule has 0 unspecified atom stereocenters. The Bertz CT molecular complexity index is 1190. The van der Waals surface area contributed by atoms with Gasteiger partial charge in [-0.2, -0.15) is 0 Å². The number of rotatable bonds is 11. The molecule has 11 nitrogen and oxygen atoms in total. The lowest BCUT2D eigenvalue weighted by molar-refractivity contribution is -0.157. The van der Waals surface area contributed by atoms with Crippen molar-refractivity contribution in [1.29, 1.82) is 0 Å². The summed E-state index contributed by atoms with van der Waals surface area (Å²) >= 11 is 0. The predicted octanol–water partition coefficient (Wildman–Crippen LogP) is 5.49. The summed E-state index contributed by atoms with van der Waals surface area (Å²) in [5, 5.41) is 6.36. The molecule has 0 saturated carbocycles. The summed E-state index contributed by atoms with van der Waals surface area (Å²) in [6.07, 6.45) is 2.69. The van der Waals surface area contributed by atoms with E-state index in [1.54, 1.807) is 67.5 Å². The summed E-state index contributed by atoms with van der Waals surface area (Å²) in [6, 6.07) is 4.29. The van der Waals surface area contributed by atoms with Gasteiger partial charge in [-0.05, 0) is 79.5 Å². The minimum absolute atomic E-state index is 0.112. The zero-order valence-corrected chi connectivity index (χ0v) is 25.4. The fraction of sp³-hybridized carbons (Fsp3) is 0.567. The first kappa shape index (κ1) is 33.3. The molecular formula is C30H43N3O8. The molecule has 0 fully saturated rings. The molecule has 0 bridgehead atoms. The van der Waals surface area contributed by atoms with Crippen LogP contribution in [-0.4, -0.2) is 43.0 Å². The van der Waals surface area contributed by atoms with Crippen molar-refractivity contribution < 1.29 is 38.3 Å². The van der Waals surface area contributed by atoms with Gasteiger partial charge in [-0.15, -0.1) is 5.06 Å². The van der Waals surface area contributed by atoms with Gasteiger partial charge in [0.05, 0.1) is 28.7 Å². The monoisotopic (exact) mass is 573 g/mol. The van der Waals surface area contributed by atoms with Crippen LogP contribution in [0.2, 0.25) is 0 Å². The number of carbonyl (C=O) groups excluding carboxylic acids is 5. The Morgan fingerprint density at radius 3 is 2.15 bits per heavy atom. The van der Waals surface area contributed by atoms with Crippen LogP contribution in [0.5, 0.6) is 0 Å². The van der Waals surface area contributed by atoms with Gasteiger partial charge in [-0.25, -0.2) is 9.59 Å². The van der Waals surface area contributed by atoms with Gasteiger partial charge in [0.25, 0.3) is 5.91 Å². The Balaban J connectivity index is 2.24. The highest BCUT2D eigenvalue weighted by Gasteiger charge is 2.41. The van der Waals surface area contributed by atoms with Crippen LogP contribution in [0.3, 0.4) is 0 Å². The van der Waals surface area contributed by atoms with Crippen molar-refractivity contribution in [3.05, 3.63) is 29.5 Å². The van der Waals surface area contributed by atoms with Crippen LogP contribution in [0.4, 0.5) is 16.2 Å². The van der Waals surface area contributed by atoms with E-state index < -0.39 is 34.7 Å². The van der Waals surface area contributed by atoms with E-state index in [2.05, 4.69) is 10.6 Å². The number of hydroxylamine groups is 1. The molecule has 0 aromatic heterocycles. The summed E-state index contributed by atoms with van der Waals surface area (Å²) in [5.74, 6) is -1.86. The number of benzene rings is 1. The number of hydrogen-bond donors (Lipinski definition) is 2. The summed E-state index contributed by atoms with van der Waals surface area (Å²) in [7, 11) is 0. The van der Waals surface area contributed by atoms with Gasteiger partial charge in [0.2, 0.25) is 0 Å². The smallest absolute Gasteiger partial charge is 0.338 e. The molecule has 3 amide bonds. The zero-order valence-electron chi connectivity index (χ0n) is 25.4. The van der Waals surface area contributed by atoms with Crippen molar-refractivity contribution >= 4 is 46.8 Å². The van der Waals surface area contributed by atoms with Crippen LogP contribution >= 0.6 is 0 Å². The molecule has 0 saturated heterocycles. The van der Waals surface area contributed by atoms with Crippen LogP contribution in [-0.2, 0) is 33.5 Å². The number of unbranched alkanes of at least 4 members (excludes halogenated alkanes) is 2. The van der Waals surface area contributed by atoms with Crippen molar-refractivity contribution in [2.75, 3.05) is 23.5 Å². The zero-order chi connectivity index (χ0) is 31.0. The molecule has 1 aliphatic rings. The first-order valence-electron chi connectivity index (χ1n) is 14.0. The van der Waals surface area contributed by atoms with Gasteiger partial charge in [0, 0.05) is 30.6 Å². The van der Waals surface area contributed by atoms with Crippen LogP contribution in [0, 0.1) is 10.8 Å². The molecule has 226 valence electrons. The molecule has 0 radical (unpaired) electrons. The van der Waals surface area contributed by atoms with E-state index >= 15 is 0 Å². The van der Waals surface area contributed by atoms with E-state index in [0.717, 1.165) is 11.5 Å². The topological polar surface area (TPSA) is 140 Å². The van der Waals surface area contributed by atoms with Gasteiger partial charge in [0.15, 0.2) is 0 Å². The molecule has 11 heteroatoms. The number of nitrogens with zero attached hydrogens (tertiary/aromatic N) is 1. The lowest BCUT2D eigenvalue weighted by Gasteiger charge is -2.22. The lowest BCUT2D eigenvalue weighted by atomic mass is 9.97. The van der Waals surface area contributed by atoms with E-state index in [0.29, 0.717) is 43.7 Å². The van der Waals surface area contributed by atoms with Crippen molar-refractivity contribution in [2.24, 2.45) is 10.8 Å². The Hall–Kier alpha value is -3.89. The van der Waals surface area contributed by atoms with Crippen LogP contribution in [0.25, 0.3) is 5.57 Å². The van der Waals surface area contributed by atoms with Crippen LogP contribution in [0.15, 0.2) is 24.0 Å². The van der Waals surface area contributed by atoms with Crippen molar-refractivity contribution in [2.45, 2.75) is 87.5 Å². The summed E-state index contributed by atoms with van der Waals surface area (Å²) in [6.45, 7) is 14.4. The van der Waals surface area contributed by atoms with E-state index in [1.807, 2.05) is 0 Å². The minimum Gasteiger partial charge on any atom is -0.466 e. The second-order valence-corrected chi connectivity index (χ2v) is 11.7. The first-order chi connectivity index (χ1) is 19.1. The Kier molecular flexibility index (Phi) is 11.5. The molecule has 1 aromatic rings. The summed E-state index contributed by atoms with van der Waals surface area (Å²) in [5.41, 5.74) is -0.586. The lowest BCUT2D eigenvalue weighted by Crippen LogP contribution is -2.35. The quantitative estimate of drug-likeness (QED) is 0.153. The number of allylic oxidation sites excluding steroid dienone is 1. The SMILES string of the molecule is CCOC(=O)CCCCCNC(=O)Nc1ccc2c(c1)N(OC(=O)C(C)(C)C)C(=O)C2=C(CC)OC(=O)C(C)(C)C. The highest BCUT2D eigenvalue weighted by Crippen LogP contribution is 2.42. The summed E-state index contributed by atoms with van der Waals surface area (Å²) < 4.78 is 10.5. The maximum Gasteiger partial charge on any atom is 0.338 e. The third-order valence-corrected chi connectivity index (χ3v) is 6.01. The van der Waals surface area contributed by atoms with Crippen LogP contribution in [0.1, 0.15) is 93.1 Å². The van der Waals surface area contributed by atoms with Crippen LogP contribution < -0.4 is 15.7 Å². The minimum atomic E-state index is -0.898. The average molecular weight is 574 g/mol. The maximum absolute atomic E-state index is 13.6. The highest BCUT2D eigenvalue weighted by molar-refractivity contribution is 6.33. The molecule has 2 N–H and O–H groups in total. The van der Waals surface area contributed by atoms with Gasteiger partial charge < -0.3 is 24.9 Å².